The number of thiophene rings is 1. The van der Waals surface area contributed by atoms with Gasteiger partial charge in [0.1, 0.15) is 0 Å². The van der Waals surface area contributed by atoms with Gasteiger partial charge in [0.25, 0.3) is 5.91 Å². The quantitative estimate of drug-likeness (QED) is 0.888. The molecule has 2 fully saturated rings. The van der Waals surface area contributed by atoms with Crippen molar-refractivity contribution in [2.45, 2.75) is 12.5 Å². The van der Waals surface area contributed by atoms with Crippen molar-refractivity contribution >= 4 is 17.2 Å². The number of carbonyl (C=O) groups excluding carboxylic acids is 1. The lowest BCUT2D eigenvalue weighted by atomic mass is 9.97. The van der Waals surface area contributed by atoms with Gasteiger partial charge < -0.3 is 14.8 Å². The van der Waals surface area contributed by atoms with Crippen molar-refractivity contribution in [3.8, 4) is 0 Å². The fourth-order valence-electron chi connectivity index (χ4n) is 3.05. The van der Waals surface area contributed by atoms with Crippen molar-refractivity contribution in [1.29, 1.82) is 0 Å². The second kappa shape index (κ2) is 7.35. The molecule has 0 radical (unpaired) electrons. The van der Waals surface area contributed by atoms with E-state index in [9.17, 15) is 4.79 Å². The summed E-state index contributed by atoms with van der Waals surface area (Å²) in [5.74, 6) is 0.536. The number of nitrogens with zero attached hydrogens (tertiary/aromatic N) is 1. The van der Waals surface area contributed by atoms with Crippen molar-refractivity contribution in [2.24, 2.45) is 5.92 Å². The lowest BCUT2D eigenvalue weighted by molar-refractivity contribution is 0.00167. The highest BCUT2D eigenvalue weighted by Crippen LogP contribution is 2.22. The summed E-state index contributed by atoms with van der Waals surface area (Å²) in [4.78, 5) is 15.4. The highest BCUT2D eigenvalue weighted by molar-refractivity contribution is 7.12. The molecule has 0 aliphatic carbocycles. The molecule has 0 aromatic carbocycles. The third kappa shape index (κ3) is 3.83. The molecule has 0 unspecified atom stereocenters. The molecule has 3 rings (SSSR count). The van der Waals surface area contributed by atoms with Gasteiger partial charge in [0.05, 0.1) is 24.7 Å². The SMILES string of the molecule is O=C(NC[C@H]([C@@H]1CCOC1)N1CCOCC1)c1cccs1. The number of nitrogens with one attached hydrogen (secondary N) is 1. The molecule has 2 saturated heterocycles. The molecule has 21 heavy (non-hydrogen) atoms. The van der Waals surface area contributed by atoms with Crippen LogP contribution in [0.5, 0.6) is 0 Å². The molecule has 1 N–H and O–H groups in total. The molecule has 1 amide bonds. The molecule has 1 aromatic heterocycles. The van der Waals surface area contributed by atoms with Gasteiger partial charge in [0, 0.05) is 38.2 Å². The standard InChI is InChI=1S/C15H22N2O3S/c18-15(14-2-1-9-21-14)16-10-13(12-3-6-20-11-12)17-4-7-19-8-5-17/h1-2,9,12-13H,3-8,10-11H2,(H,16,18)/t12-,13-/m1/s1. The predicted molar refractivity (Wildman–Crippen MR) is 81.8 cm³/mol. The average Bonchev–Trinajstić information content (AvgIpc) is 3.22. The lowest BCUT2D eigenvalue weighted by Crippen LogP contribution is -2.52. The first-order valence-corrected chi connectivity index (χ1v) is 8.44. The fraction of sp³-hybridized carbons (Fsp3) is 0.667. The van der Waals surface area contributed by atoms with Crippen LogP contribution in [0, 0.1) is 5.92 Å². The first-order valence-electron chi connectivity index (χ1n) is 7.56. The van der Waals surface area contributed by atoms with Gasteiger partial charge in [-0.2, -0.15) is 0 Å². The van der Waals surface area contributed by atoms with Crippen LogP contribution in [0.1, 0.15) is 16.1 Å². The first kappa shape index (κ1) is 15.0. The van der Waals surface area contributed by atoms with Crippen LogP contribution in [-0.4, -0.2) is 62.9 Å². The molecule has 0 bridgehead atoms. The van der Waals surface area contributed by atoms with Crippen LogP contribution in [0.2, 0.25) is 0 Å². The Morgan fingerprint density at radius 1 is 1.38 bits per heavy atom. The Hall–Kier alpha value is -0.950. The van der Waals surface area contributed by atoms with Gasteiger partial charge in [-0.15, -0.1) is 11.3 Å². The van der Waals surface area contributed by atoms with Crippen molar-refractivity contribution < 1.29 is 14.3 Å². The predicted octanol–water partition coefficient (Wildman–Crippen LogP) is 1.22. The third-order valence-electron chi connectivity index (χ3n) is 4.24. The van der Waals surface area contributed by atoms with Crippen LogP contribution in [0.4, 0.5) is 0 Å². The minimum Gasteiger partial charge on any atom is -0.381 e. The number of carbonyl (C=O) groups is 1. The van der Waals surface area contributed by atoms with E-state index in [0.717, 1.165) is 50.8 Å². The summed E-state index contributed by atoms with van der Waals surface area (Å²) in [6.07, 6.45) is 1.08. The van der Waals surface area contributed by atoms with E-state index in [-0.39, 0.29) is 5.91 Å². The minimum absolute atomic E-state index is 0.0298. The van der Waals surface area contributed by atoms with Gasteiger partial charge in [0.2, 0.25) is 0 Å². The number of hydrogen-bond acceptors (Lipinski definition) is 5. The summed E-state index contributed by atoms with van der Waals surface area (Å²) in [5.41, 5.74) is 0. The maximum atomic E-state index is 12.1. The highest BCUT2D eigenvalue weighted by Gasteiger charge is 2.31. The second-order valence-corrected chi connectivity index (χ2v) is 6.47. The van der Waals surface area contributed by atoms with Crippen LogP contribution in [-0.2, 0) is 9.47 Å². The van der Waals surface area contributed by atoms with E-state index < -0.39 is 0 Å². The van der Waals surface area contributed by atoms with Crippen LogP contribution in [0.25, 0.3) is 0 Å². The third-order valence-corrected chi connectivity index (χ3v) is 5.11. The second-order valence-electron chi connectivity index (χ2n) is 5.53. The van der Waals surface area contributed by atoms with Crippen LogP contribution in [0.15, 0.2) is 17.5 Å². The molecule has 1 aromatic rings. The van der Waals surface area contributed by atoms with E-state index in [1.807, 2.05) is 17.5 Å². The highest BCUT2D eigenvalue weighted by atomic mass is 32.1. The number of amides is 1. The maximum absolute atomic E-state index is 12.1. The van der Waals surface area contributed by atoms with Crippen LogP contribution >= 0.6 is 11.3 Å². The fourth-order valence-corrected chi connectivity index (χ4v) is 3.69. The van der Waals surface area contributed by atoms with E-state index in [0.29, 0.717) is 18.5 Å². The van der Waals surface area contributed by atoms with E-state index in [4.69, 9.17) is 9.47 Å². The molecule has 116 valence electrons. The molecule has 2 aliphatic heterocycles. The number of hydrogen-bond donors (Lipinski definition) is 1. The zero-order valence-electron chi connectivity index (χ0n) is 12.1. The number of morpholine rings is 1. The summed E-state index contributed by atoms with van der Waals surface area (Å²) in [6, 6.07) is 4.12. The lowest BCUT2D eigenvalue weighted by Gasteiger charge is -2.37. The normalized spacial score (nSPS) is 24.9. The summed E-state index contributed by atoms with van der Waals surface area (Å²) in [5, 5.41) is 5.02. The Bertz CT molecular complexity index is 440. The molecule has 5 nitrogen and oxygen atoms in total. The number of rotatable bonds is 5. The van der Waals surface area contributed by atoms with Gasteiger partial charge in [-0.05, 0) is 17.9 Å². The van der Waals surface area contributed by atoms with Crippen molar-refractivity contribution in [1.82, 2.24) is 10.2 Å². The van der Waals surface area contributed by atoms with E-state index >= 15 is 0 Å². The maximum Gasteiger partial charge on any atom is 0.261 e. The largest absolute Gasteiger partial charge is 0.381 e. The van der Waals surface area contributed by atoms with Gasteiger partial charge >= 0.3 is 0 Å². The summed E-state index contributed by atoms with van der Waals surface area (Å²) < 4.78 is 11.0. The molecule has 0 spiro atoms. The Morgan fingerprint density at radius 2 is 2.24 bits per heavy atom. The molecule has 3 heterocycles. The summed E-state index contributed by atoms with van der Waals surface area (Å²) in [7, 11) is 0. The summed E-state index contributed by atoms with van der Waals surface area (Å²) in [6.45, 7) is 5.77. The van der Waals surface area contributed by atoms with Crippen molar-refractivity contribution in [3.63, 3.8) is 0 Å². The zero-order valence-corrected chi connectivity index (χ0v) is 12.9. The van der Waals surface area contributed by atoms with E-state index in [1.54, 1.807) is 0 Å². The van der Waals surface area contributed by atoms with Gasteiger partial charge in [-0.25, -0.2) is 0 Å². The average molecular weight is 310 g/mol. The molecular weight excluding hydrogens is 288 g/mol. The smallest absolute Gasteiger partial charge is 0.261 e. The van der Waals surface area contributed by atoms with Crippen molar-refractivity contribution in [3.05, 3.63) is 22.4 Å². The van der Waals surface area contributed by atoms with Gasteiger partial charge in [-0.3, -0.25) is 9.69 Å². The molecule has 2 aliphatic rings. The van der Waals surface area contributed by atoms with E-state index in [2.05, 4.69) is 10.2 Å². The zero-order chi connectivity index (χ0) is 14.5. The summed E-state index contributed by atoms with van der Waals surface area (Å²) >= 11 is 1.48. The van der Waals surface area contributed by atoms with Gasteiger partial charge in [0.15, 0.2) is 0 Å². The van der Waals surface area contributed by atoms with E-state index in [1.165, 1.54) is 11.3 Å². The Morgan fingerprint density at radius 3 is 2.90 bits per heavy atom. The Kier molecular flexibility index (Phi) is 5.24. The first-order chi connectivity index (χ1) is 10.3. The molecule has 2 atom stereocenters. The van der Waals surface area contributed by atoms with Crippen LogP contribution in [0.3, 0.4) is 0 Å². The van der Waals surface area contributed by atoms with Gasteiger partial charge in [-0.1, -0.05) is 6.07 Å². The van der Waals surface area contributed by atoms with Crippen molar-refractivity contribution in [2.75, 3.05) is 46.1 Å². The molecule has 0 saturated carbocycles. The Balaban J connectivity index is 1.59. The topological polar surface area (TPSA) is 50.8 Å². The monoisotopic (exact) mass is 310 g/mol. The Labute approximate surface area is 129 Å². The molecule has 6 heteroatoms. The van der Waals surface area contributed by atoms with Crippen LogP contribution < -0.4 is 5.32 Å². The minimum atomic E-state index is 0.0298. The number of ether oxygens (including phenoxy) is 2. The molecular formula is C15H22N2O3S.